The normalized spacial score (nSPS) is 12.2. The molecule has 0 heterocycles. The van der Waals surface area contributed by atoms with Crippen molar-refractivity contribution < 1.29 is 19.5 Å². The lowest BCUT2D eigenvalue weighted by Crippen LogP contribution is -2.31. The summed E-state index contributed by atoms with van der Waals surface area (Å²) >= 11 is 0. The van der Waals surface area contributed by atoms with Gasteiger partial charge in [-0.25, -0.2) is 0 Å². The predicted molar refractivity (Wildman–Crippen MR) is 85.8 cm³/mol. The van der Waals surface area contributed by atoms with Crippen molar-refractivity contribution in [3.05, 3.63) is 23.8 Å². The summed E-state index contributed by atoms with van der Waals surface area (Å²) < 4.78 is 10.9. The molecule has 21 heavy (non-hydrogen) atoms. The van der Waals surface area contributed by atoms with Crippen LogP contribution >= 0.6 is 0 Å². The molecule has 0 bridgehead atoms. The highest BCUT2D eigenvalue weighted by molar-refractivity contribution is 6.59. The summed E-state index contributed by atoms with van der Waals surface area (Å²) in [5.74, 6) is 1.08. The number of methoxy groups -OCH3 is 1. The van der Waals surface area contributed by atoms with E-state index in [2.05, 4.69) is 13.8 Å². The number of benzene rings is 1. The highest BCUT2D eigenvalue weighted by Crippen LogP contribution is 2.15. The van der Waals surface area contributed by atoms with E-state index in [4.69, 9.17) is 9.47 Å². The van der Waals surface area contributed by atoms with E-state index in [-0.39, 0.29) is 0 Å². The molecule has 0 aliphatic heterocycles. The topological polar surface area (TPSA) is 58.9 Å². The van der Waals surface area contributed by atoms with Crippen molar-refractivity contribution in [1.29, 1.82) is 0 Å². The van der Waals surface area contributed by atoms with Crippen molar-refractivity contribution in [3.63, 3.8) is 0 Å². The van der Waals surface area contributed by atoms with Gasteiger partial charge in [-0.15, -0.1) is 0 Å². The predicted octanol–water partition coefficient (Wildman–Crippen LogP) is 2.11. The lowest BCUT2D eigenvalue weighted by atomic mass is 9.79. The fraction of sp³-hybridized carbons (Fsp3) is 0.625. The van der Waals surface area contributed by atoms with E-state index in [0.29, 0.717) is 23.7 Å². The maximum Gasteiger partial charge on any atom is 0.492 e. The van der Waals surface area contributed by atoms with E-state index in [1.165, 1.54) is 26.4 Å². The first kappa shape index (κ1) is 18.0. The van der Waals surface area contributed by atoms with Crippen LogP contribution in [0.2, 0.25) is 0 Å². The third kappa shape index (κ3) is 6.08. The molecule has 0 saturated heterocycles. The van der Waals surface area contributed by atoms with Gasteiger partial charge in [-0.3, -0.25) is 0 Å². The molecular formula is C16H27BO4. The van der Waals surface area contributed by atoms with Gasteiger partial charge in [-0.05, 0) is 24.0 Å². The maximum atomic E-state index is 9.34. The fourth-order valence-corrected chi connectivity index (χ4v) is 2.32. The Bertz CT molecular complexity index is 409. The lowest BCUT2D eigenvalue weighted by molar-refractivity contribution is 0.0820. The Balaban J connectivity index is 2.53. The van der Waals surface area contributed by atoms with Crippen LogP contribution in [0.5, 0.6) is 5.75 Å². The van der Waals surface area contributed by atoms with Crippen molar-refractivity contribution in [3.8, 4) is 5.75 Å². The van der Waals surface area contributed by atoms with Gasteiger partial charge in [0.2, 0.25) is 0 Å². The minimum atomic E-state index is -1.53. The molecule has 1 aromatic carbocycles. The SMILES string of the molecule is CCCCC(CC)COCc1ccc(OC)c(B(O)O)c1. The quantitative estimate of drug-likeness (QED) is 0.649. The van der Waals surface area contributed by atoms with E-state index in [1.54, 1.807) is 12.1 Å². The zero-order valence-corrected chi connectivity index (χ0v) is 13.3. The van der Waals surface area contributed by atoms with Crippen molar-refractivity contribution in [1.82, 2.24) is 0 Å². The Kier molecular flexibility index (Phi) is 8.42. The molecule has 0 spiro atoms. The molecule has 0 amide bonds. The molecule has 0 saturated carbocycles. The van der Waals surface area contributed by atoms with Crippen LogP contribution in [0.4, 0.5) is 0 Å². The summed E-state index contributed by atoms with van der Waals surface area (Å²) in [5.41, 5.74) is 1.29. The Morgan fingerprint density at radius 3 is 2.57 bits per heavy atom. The minimum absolute atomic E-state index is 0.372. The van der Waals surface area contributed by atoms with Gasteiger partial charge >= 0.3 is 7.12 Å². The minimum Gasteiger partial charge on any atom is -0.497 e. The molecule has 0 aliphatic carbocycles. The first-order valence-electron chi connectivity index (χ1n) is 7.73. The summed E-state index contributed by atoms with van der Waals surface area (Å²) in [6.07, 6.45) is 4.79. The van der Waals surface area contributed by atoms with Gasteiger partial charge in [0.05, 0.1) is 13.7 Å². The van der Waals surface area contributed by atoms with E-state index >= 15 is 0 Å². The molecule has 1 rings (SSSR count). The molecule has 4 nitrogen and oxygen atoms in total. The van der Waals surface area contributed by atoms with Crippen molar-refractivity contribution in [2.45, 2.75) is 46.1 Å². The number of unbranched alkanes of at least 4 members (excludes halogenated alkanes) is 1. The second-order valence-electron chi connectivity index (χ2n) is 5.38. The van der Waals surface area contributed by atoms with Crippen LogP contribution in [-0.4, -0.2) is 30.9 Å². The number of hydrogen-bond donors (Lipinski definition) is 2. The van der Waals surface area contributed by atoms with Crippen LogP contribution in [0.3, 0.4) is 0 Å². The molecule has 5 heteroatoms. The molecule has 1 atom stereocenters. The standard InChI is InChI=1S/C16H27BO4/c1-4-6-7-13(5-2)11-21-12-14-8-9-16(20-3)15(10-14)17(18)19/h8-10,13,18-19H,4-7,11-12H2,1-3H3. The van der Waals surface area contributed by atoms with Gasteiger partial charge in [-0.2, -0.15) is 0 Å². The summed E-state index contributed by atoms with van der Waals surface area (Å²) in [6.45, 7) is 5.62. The average molecular weight is 294 g/mol. The second kappa shape index (κ2) is 9.82. The summed E-state index contributed by atoms with van der Waals surface area (Å²) in [7, 11) is -0.0235. The van der Waals surface area contributed by atoms with E-state index in [1.807, 2.05) is 6.07 Å². The third-order valence-electron chi connectivity index (χ3n) is 3.74. The Hall–Kier alpha value is -1.04. The zero-order chi connectivity index (χ0) is 15.7. The molecule has 118 valence electrons. The van der Waals surface area contributed by atoms with Crippen LogP contribution in [0.1, 0.15) is 45.1 Å². The number of rotatable bonds is 10. The monoisotopic (exact) mass is 294 g/mol. The van der Waals surface area contributed by atoms with Crippen molar-refractivity contribution >= 4 is 12.6 Å². The molecular weight excluding hydrogens is 267 g/mol. The molecule has 0 radical (unpaired) electrons. The van der Waals surface area contributed by atoms with Crippen LogP contribution in [0.15, 0.2) is 18.2 Å². The van der Waals surface area contributed by atoms with E-state index < -0.39 is 7.12 Å². The van der Waals surface area contributed by atoms with Crippen LogP contribution < -0.4 is 10.2 Å². The van der Waals surface area contributed by atoms with Gasteiger partial charge in [0, 0.05) is 12.1 Å². The smallest absolute Gasteiger partial charge is 0.492 e. The van der Waals surface area contributed by atoms with Gasteiger partial charge < -0.3 is 19.5 Å². The molecule has 0 aromatic heterocycles. The molecule has 1 unspecified atom stereocenters. The Morgan fingerprint density at radius 2 is 2.00 bits per heavy atom. The van der Waals surface area contributed by atoms with Gasteiger partial charge in [0.25, 0.3) is 0 Å². The zero-order valence-electron chi connectivity index (χ0n) is 13.3. The summed E-state index contributed by atoms with van der Waals surface area (Å²) in [5, 5.41) is 18.7. The second-order valence-corrected chi connectivity index (χ2v) is 5.38. The first-order chi connectivity index (χ1) is 10.1. The summed E-state index contributed by atoms with van der Waals surface area (Å²) in [6, 6.07) is 5.34. The first-order valence-corrected chi connectivity index (χ1v) is 7.73. The largest absolute Gasteiger partial charge is 0.497 e. The van der Waals surface area contributed by atoms with E-state index in [9.17, 15) is 10.0 Å². The lowest BCUT2D eigenvalue weighted by Gasteiger charge is -2.15. The van der Waals surface area contributed by atoms with Crippen molar-refractivity contribution in [2.24, 2.45) is 5.92 Å². The highest BCUT2D eigenvalue weighted by atomic mass is 16.5. The number of ether oxygens (including phenoxy) is 2. The van der Waals surface area contributed by atoms with E-state index in [0.717, 1.165) is 18.6 Å². The molecule has 0 fully saturated rings. The van der Waals surface area contributed by atoms with Gasteiger partial charge in [0.1, 0.15) is 5.75 Å². The van der Waals surface area contributed by atoms with Gasteiger partial charge in [-0.1, -0.05) is 45.2 Å². The van der Waals surface area contributed by atoms with Crippen LogP contribution in [0, 0.1) is 5.92 Å². The molecule has 1 aromatic rings. The Morgan fingerprint density at radius 1 is 1.24 bits per heavy atom. The third-order valence-corrected chi connectivity index (χ3v) is 3.74. The molecule has 2 N–H and O–H groups in total. The highest BCUT2D eigenvalue weighted by Gasteiger charge is 2.17. The number of hydrogen-bond acceptors (Lipinski definition) is 4. The Labute approximate surface area is 128 Å². The fourth-order valence-electron chi connectivity index (χ4n) is 2.32. The van der Waals surface area contributed by atoms with Crippen molar-refractivity contribution in [2.75, 3.05) is 13.7 Å². The molecule has 0 aliphatic rings. The van der Waals surface area contributed by atoms with Crippen LogP contribution in [0.25, 0.3) is 0 Å². The van der Waals surface area contributed by atoms with Crippen LogP contribution in [-0.2, 0) is 11.3 Å². The average Bonchev–Trinajstić information content (AvgIpc) is 2.50. The summed E-state index contributed by atoms with van der Waals surface area (Å²) in [4.78, 5) is 0. The van der Waals surface area contributed by atoms with Gasteiger partial charge in [0.15, 0.2) is 0 Å². The maximum absolute atomic E-state index is 9.34.